The number of carbonyl (C=O) groups is 2. The zero-order chi connectivity index (χ0) is 18.7. The molecule has 1 aliphatic rings. The predicted molar refractivity (Wildman–Crippen MR) is 102 cm³/mol. The molecular formula is C22H27NO3. The van der Waals surface area contributed by atoms with Crippen molar-refractivity contribution in [1.82, 2.24) is 4.98 Å². The number of hydrogen-bond donors (Lipinski definition) is 1. The number of nitrogens with one attached hydrogen (secondary N) is 1. The molecule has 3 rings (SSSR count). The van der Waals surface area contributed by atoms with Gasteiger partial charge in [-0.05, 0) is 36.3 Å². The summed E-state index contributed by atoms with van der Waals surface area (Å²) in [4.78, 5) is 28.4. The molecule has 26 heavy (non-hydrogen) atoms. The molecule has 0 aliphatic heterocycles. The van der Waals surface area contributed by atoms with Crippen molar-refractivity contribution in [3.63, 3.8) is 0 Å². The van der Waals surface area contributed by atoms with Crippen molar-refractivity contribution in [2.24, 2.45) is 5.92 Å². The molecule has 1 aromatic carbocycles. The van der Waals surface area contributed by atoms with Crippen LogP contribution in [0.5, 0.6) is 0 Å². The zero-order valence-electron chi connectivity index (χ0n) is 15.8. The van der Waals surface area contributed by atoms with Crippen molar-refractivity contribution in [2.45, 2.75) is 52.4 Å². The number of aromatic nitrogens is 1. The number of H-pyrrole nitrogens is 1. The van der Waals surface area contributed by atoms with E-state index in [2.05, 4.69) is 31.0 Å². The van der Waals surface area contributed by atoms with Gasteiger partial charge in [0.25, 0.3) is 0 Å². The van der Waals surface area contributed by atoms with Gasteiger partial charge in [0, 0.05) is 17.7 Å². The Bertz CT molecular complexity index is 787. The lowest BCUT2D eigenvalue weighted by atomic mass is 9.81. The van der Waals surface area contributed by atoms with Crippen LogP contribution in [-0.2, 0) is 11.2 Å². The number of rotatable bonds is 6. The fraction of sp³-hybridized carbons (Fsp3) is 0.455. The maximum Gasteiger partial charge on any atom is 0.355 e. The summed E-state index contributed by atoms with van der Waals surface area (Å²) in [5.41, 5.74) is 3.87. The molecular weight excluding hydrogens is 326 g/mol. The van der Waals surface area contributed by atoms with Crippen molar-refractivity contribution < 1.29 is 14.3 Å². The third kappa shape index (κ3) is 3.59. The van der Waals surface area contributed by atoms with Gasteiger partial charge >= 0.3 is 5.97 Å². The second kappa shape index (κ2) is 7.90. The number of ketones is 1. The monoisotopic (exact) mass is 353 g/mol. The summed E-state index contributed by atoms with van der Waals surface area (Å²) < 4.78 is 5.50. The number of ether oxygens (including phenoxy) is 1. The summed E-state index contributed by atoms with van der Waals surface area (Å²) in [6, 6.07) is 10.1. The second-order valence-electron chi connectivity index (χ2n) is 7.20. The summed E-state index contributed by atoms with van der Waals surface area (Å²) in [6.45, 7) is 6.46. The van der Waals surface area contributed by atoms with E-state index in [1.54, 1.807) is 0 Å². The molecule has 0 saturated heterocycles. The standard InChI is InChI=1S/C22H27NO3/c1-4-15(5-2)13-26-22(25)21-14(3)20-18(23-21)11-17(12-19(20)24)16-9-7-6-8-10-16/h6-10,15,17,23H,4-5,11-13H2,1-3H3/t17-/m0/s1. The van der Waals surface area contributed by atoms with Gasteiger partial charge in [0.2, 0.25) is 0 Å². The fourth-order valence-corrected chi connectivity index (χ4v) is 3.79. The van der Waals surface area contributed by atoms with Gasteiger partial charge in [-0.1, -0.05) is 57.0 Å². The summed E-state index contributed by atoms with van der Waals surface area (Å²) in [5, 5.41) is 0. The van der Waals surface area contributed by atoms with E-state index in [1.165, 1.54) is 0 Å². The van der Waals surface area contributed by atoms with Crippen LogP contribution in [0.4, 0.5) is 0 Å². The summed E-state index contributed by atoms with van der Waals surface area (Å²) in [6.07, 6.45) is 3.20. The molecule has 4 nitrogen and oxygen atoms in total. The maximum absolute atomic E-state index is 12.7. The van der Waals surface area contributed by atoms with Gasteiger partial charge in [-0.2, -0.15) is 0 Å². The van der Waals surface area contributed by atoms with Gasteiger partial charge in [0.1, 0.15) is 5.69 Å². The van der Waals surface area contributed by atoms with E-state index < -0.39 is 0 Å². The fourth-order valence-electron chi connectivity index (χ4n) is 3.79. The van der Waals surface area contributed by atoms with E-state index >= 15 is 0 Å². The van der Waals surface area contributed by atoms with Gasteiger partial charge in [-0.3, -0.25) is 4.79 Å². The first-order valence-electron chi connectivity index (χ1n) is 9.51. The van der Waals surface area contributed by atoms with E-state index in [1.807, 2.05) is 25.1 Å². The Morgan fingerprint density at radius 1 is 1.19 bits per heavy atom. The quantitative estimate of drug-likeness (QED) is 0.757. The van der Waals surface area contributed by atoms with Crippen molar-refractivity contribution in [3.8, 4) is 0 Å². The highest BCUT2D eigenvalue weighted by molar-refractivity contribution is 6.03. The third-order valence-electron chi connectivity index (χ3n) is 5.57. The van der Waals surface area contributed by atoms with Gasteiger partial charge < -0.3 is 9.72 Å². The molecule has 0 spiro atoms. The molecule has 1 atom stereocenters. The summed E-state index contributed by atoms with van der Waals surface area (Å²) >= 11 is 0. The number of Topliss-reactive ketones (excluding diaryl/α,β-unsaturated/α-hetero) is 1. The van der Waals surface area contributed by atoms with E-state index in [0.29, 0.717) is 30.2 Å². The second-order valence-corrected chi connectivity index (χ2v) is 7.20. The van der Waals surface area contributed by atoms with Crippen molar-refractivity contribution >= 4 is 11.8 Å². The average molecular weight is 353 g/mol. The Labute approximate surface area is 155 Å². The molecule has 2 aromatic rings. The number of carbonyl (C=O) groups excluding carboxylic acids is 2. The smallest absolute Gasteiger partial charge is 0.355 e. The Balaban J connectivity index is 1.80. The van der Waals surface area contributed by atoms with E-state index in [4.69, 9.17) is 4.74 Å². The minimum Gasteiger partial charge on any atom is -0.461 e. The number of fused-ring (bicyclic) bond motifs is 1. The summed E-state index contributed by atoms with van der Waals surface area (Å²) in [7, 11) is 0. The predicted octanol–water partition coefficient (Wildman–Crippen LogP) is 4.83. The van der Waals surface area contributed by atoms with Gasteiger partial charge in [0.15, 0.2) is 5.78 Å². The minimum absolute atomic E-state index is 0.105. The van der Waals surface area contributed by atoms with Crippen LogP contribution >= 0.6 is 0 Å². The van der Waals surface area contributed by atoms with Crippen LogP contribution in [0.2, 0.25) is 0 Å². The lowest BCUT2D eigenvalue weighted by Gasteiger charge is -2.22. The Hall–Kier alpha value is -2.36. The molecule has 1 N–H and O–H groups in total. The Morgan fingerprint density at radius 3 is 2.54 bits per heavy atom. The maximum atomic E-state index is 12.7. The zero-order valence-corrected chi connectivity index (χ0v) is 15.8. The normalized spacial score (nSPS) is 16.6. The van der Waals surface area contributed by atoms with Crippen molar-refractivity contribution in [1.29, 1.82) is 0 Å². The molecule has 0 unspecified atom stereocenters. The molecule has 1 aromatic heterocycles. The largest absolute Gasteiger partial charge is 0.461 e. The Kier molecular flexibility index (Phi) is 5.60. The molecule has 0 fully saturated rings. The van der Waals surface area contributed by atoms with Gasteiger partial charge in [0.05, 0.1) is 6.61 Å². The topological polar surface area (TPSA) is 59.2 Å². The van der Waals surface area contributed by atoms with Crippen LogP contribution < -0.4 is 0 Å². The highest BCUT2D eigenvalue weighted by Crippen LogP contribution is 2.35. The van der Waals surface area contributed by atoms with Crippen LogP contribution in [-0.4, -0.2) is 23.3 Å². The van der Waals surface area contributed by atoms with Crippen LogP contribution in [0.1, 0.15) is 76.7 Å². The van der Waals surface area contributed by atoms with Crippen LogP contribution in [0.25, 0.3) is 0 Å². The highest BCUT2D eigenvalue weighted by Gasteiger charge is 2.32. The number of esters is 1. The number of aromatic amines is 1. The number of hydrogen-bond acceptors (Lipinski definition) is 3. The molecule has 0 radical (unpaired) electrons. The van der Waals surface area contributed by atoms with Crippen LogP contribution in [0.15, 0.2) is 30.3 Å². The lowest BCUT2D eigenvalue weighted by Crippen LogP contribution is -2.18. The third-order valence-corrected chi connectivity index (χ3v) is 5.57. The first kappa shape index (κ1) is 18.4. The van der Waals surface area contributed by atoms with Crippen molar-refractivity contribution in [2.75, 3.05) is 6.61 Å². The first-order valence-corrected chi connectivity index (χ1v) is 9.51. The molecule has 138 valence electrons. The number of benzene rings is 1. The molecule has 4 heteroatoms. The van der Waals surface area contributed by atoms with Gasteiger partial charge in [-0.25, -0.2) is 4.79 Å². The van der Waals surface area contributed by atoms with E-state index in [-0.39, 0.29) is 17.7 Å². The van der Waals surface area contributed by atoms with Crippen LogP contribution in [0, 0.1) is 12.8 Å². The highest BCUT2D eigenvalue weighted by atomic mass is 16.5. The minimum atomic E-state index is -0.354. The molecule has 0 saturated carbocycles. The van der Waals surface area contributed by atoms with Gasteiger partial charge in [-0.15, -0.1) is 0 Å². The lowest BCUT2D eigenvalue weighted by molar-refractivity contribution is 0.0426. The van der Waals surface area contributed by atoms with E-state index in [9.17, 15) is 9.59 Å². The van der Waals surface area contributed by atoms with E-state index in [0.717, 1.165) is 36.1 Å². The molecule has 1 heterocycles. The van der Waals surface area contributed by atoms with Crippen molar-refractivity contribution in [3.05, 3.63) is 58.4 Å². The van der Waals surface area contributed by atoms with Crippen LogP contribution in [0.3, 0.4) is 0 Å². The average Bonchev–Trinajstić information content (AvgIpc) is 3.00. The molecule has 0 amide bonds. The molecule has 0 bridgehead atoms. The first-order chi connectivity index (χ1) is 12.5. The summed E-state index contributed by atoms with van der Waals surface area (Å²) in [5.74, 6) is 0.288. The Morgan fingerprint density at radius 2 is 1.88 bits per heavy atom. The molecule has 1 aliphatic carbocycles. The SMILES string of the molecule is CCC(CC)COC(=O)c1[nH]c2c(c1C)C(=O)C[C@@H](c1ccccc1)C2.